The van der Waals surface area contributed by atoms with E-state index in [1.165, 1.54) is 23.3 Å². The summed E-state index contributed by atoms with van der Waals surface area (Å²) >= 11 is 1.96. The molecule has 0 aliphatic rings. The number of hydrogen-bond acceptors (Lipinski definition) is 2. The van der Waals surface area contributed by atoms with Gasteiger partial charge in [0.25, 0.3) is 0 Å². The standard InChI is InChI=1S/C12H19NS/c1-3-8-14-12(9-13)11-6-4-10(2)5-7-11/h4-7,12H,3,8-9,13H2,1-2H3. The van der Waals surface area contributed by atoms with Gasteiger partial charge in [-0.2, -0.15) is 11.8 Å². The van der Waals surface area contributed by atoms with E-state index >= 15 is 0 Å². The highest BCUT2D eigenvalue weighted by molar-refractivity contribution is 7.99. The Morgan fingerprint density at radius 3 is 2.43 bits per heavy atom. The fourth-order valence-electron chi connectivity index (χ4n) is 1.34. The molecular formula is C12H19NS. The summed E-state index contributed by atoms with van der Waals surface area (Å²) < 4.78 is 0. The number of thioether (sulfide) groups is 1. The zero-order valence-electron chi connectivity index (χ0n) is 8.99. The van der Waals surface area contributed by atoms with Crippen LogP contribution in [-0.4, -0.2) is 12.3 Å². The van der Waals surface area contributed by atoms with Crippen LogP contribution in [0.3, 0.4) is 0 Å². The molecule has 0 heterocycles. The van der Waals surface area contributed by atoms with Gasteiger partial charge in [0.2, 0.25) is 0 Å². The van der Waals surface area contributed by atoms with E-state index in [0.29, 0.717) is 5.25 Å². The number of rotatable bonds is 5. The number of hydrogen-bond donors (Lipinski definition) is 1. The van der Waals surface area contributed by atoms with Gasteiger partial charge in [-0.3, -0.25) is 0 Å². The first kappa shape index (κ1) is 11.6. The molecule has 0 radical (unpaired) electrons. The second-order valence-corrected chi connectivity index (χ2v) is 4.82. The number of benzene rings is 1. The Kier molecular flexibility index (Phi) is 5.05. The molecule has 2 N–H and O–H groups in total. The molecule has 14 heavy (non-hydrogen) atoms. The Bertz CT molecular complexity index is 256. The summed E-state index contributed by atoms with van der Waals surface area (Å²) in [7, 11) is 0. The monoisotopic (exact) mass is 209 g/mol. The Morgan fingerprint density at radius 2 is 1.93 bits per heavy atom. The van der Waals surface area contributed by atoms with Crippen LogP contribution in [0.4, 0.5) is 0 Å². The van der Waals surface area contributed by atoms with Crippen LogP contribution in [0, 0.1) is 6.92 Å². The van der Waals surface area contributed by atoms with Gasteiger partial charge in [-0.05, 0) is 24.7 Å². The van der Waals surface area contributed by atoms with E-state index in [2.05, 4.69) is 38.1 Å². The van der Waals surface area contributed by atoms with Crippen LogP contribution in [0.15, 0.2) is 24.3 Å². The van der Waals surface area contributed by atoms with Crippen molar-refractivity contribution in [2.45, 2.75) is 25.5 Å². The molecule has 0 saturated heterocycles. The smallest absolute Gasteiger partial charge is 0.0419 e. The maximum absolute atomic E-state index is 5.76. The summed E-state index contributed by atoms with van der Waals surface area (Å²) in [5.41, 5.74) is 8.43. The average molecular weight is 209 g/mol. The molecule has 78 valence electrons. The molecule has 1 nitrogen and oxygen atoms in total. The van der Waals surface area contributed by atoms with Crippen LogP contribution in [0.25, 0.3) is 0 Å². The van der Waals surface area contributed by atoms with Crippen molar-refractivity contribution in [3.63, 3.8) is 0 Å². The first-order valence-corrected chi connectivity index (χ1v) is 6.21. The summed E-state index contributed by atoms with van der Waals surface area (Å²) in [6.45, 7) is 5.05. The van der Waals surface area contributed by atoms with Crippen LogP contribution in [0.5, 0.6) is 0 Å². The van der Waals surface area contributed by atoms with Crippen LogP contribution in [-0.2, 0) is 0 Å². The van der Waals surface area contributed by atoms with Gasteiger partial charge in [0.15, 0.2) is 0 Å². The highest BCUT2D eigenvalue weighted by Gasteiger charge is 2.08. The molecule has 0 saturated carbocycles. The van der Waals surface area contributed by atoms with Crippen molar-refractivity contribution in [3.05, 3.63) is 35.4 Å². The molecule has 1 unspecified atom stereocenters. The summed E-state index contributed by atoms with van der Waals surface area (Å²) in [4.78, 5) is 0. The van der Waals surface area contributed by atoms with E-state index in [0.717, 1.165) is 6.54 Å². The third-order valence-corrected chi connectivity index (χ3v) is 3.70. The molecule has 0 aliphatic carbocycles. The van der Waals surface area contributed by atoms with Crippen LogP contribution in [0.1, 0.15) is 29.7 Å². The lowest BCUT2D eigenvalue weighted by molar-refractivity contribution is 0.935. The van der Waals surface area contributed by atoms with E-state index in [9.17, 15) is 0 Å². The minimum Gasteiger partial charge on any atom is -0.329 e. The SMILES string of the molecule is CCCSC(CN)c1ccc(C)cc1. The highest BCUT2D eigenvalue weighted by atomic mass is 32.2. The Morgan fingerprint density at radius 1 is 1.29 bits per heavy atom. The van der Waals surface area contributed by atoms with Crippen molar-refractivity contribution in [1.82, 2.24) is 0 Å². The molecule has 0 fully saturated rings. The van der Waals surface area contributed by atoms with Crippen molar-refractivity contribution in [2.75, 3.05) is 12.3 Å². The van der Waals surface area contributed by atoms with Gasteiger partial charge in [0.1, 0.15) is 0 Å². The fourth-order valence-corrected chi connectivity index (χ4v) is 2.35. The molecule has 1 aromatic rings. The number of nitrogens with two attached hydrogens (primary N) is 1. The Balaban J connectivity index is 2.64. The van der Waals surface area contributed by atoms with Crippen LogP contribution in [0.2, 0.25) is 0 Å². The lowest BCUT2D eigenvalue weighted by Gasteiger charge is -2.14. The lowest BCUT2D eigenvalue weighted by Crippen LogP contribution is -2.09. The molecule has 0 spiro atoms. The maximum atomic E-state index is 5.76. The summed E-state index contributed by atoms with van der Waals surface area (Å²) in [6.07, 6.45) is 1.22. The topological polar surface area (TPSA) is 26.0 Å². The van der Waals surface area contributed by atoms with E-state index in [1.807, 2.05) is 11.8 Å². The van der Waals surface area contributed by atoms with E-state index in [4.69, 9.17) is 5.73 Å². The molecular weight excluding hydrogens is 190 g/mol. The van der Waals surface area contributed by atoms with E-state index in [-0.39, 0.29) is 0 Å². The van der Waals surface area contributed by atoms with Crippen LogP contribution < -0.4 is 5.73 Å². The third-order valence-electron chi connectivity index (χ3n) is 2.19. The predicted molar refractivity (Wildman–Crippen MR) is 65.7 cm³/mol. The summed E-state index contributed by atoms with van der Waals surface area (Å²) in [6, 6.07) is 8.69. The zero-order chi connectivity index (χ0) is 10.4. The van der Waals surface area contributed by atoms with Gasteiger partial charge in [-0.15, -0.1) is 0 Å². The second kappa shape index (κ2) is 6.10. The molecule has 1 aromatic carbocycles. The predicted octanol–water partition coefficient (Wildman–Crippen LogP) is 3.14. The third kappa shape index (κ3) is 3.35. The van der Waals surface area contributed by atoms with E-state index in [1.54, 1.807) is 0 Å². The van der Waals surface area contributed by atoms with Gasteiger partial charge < -0.3 is 5.73 Å². The molecule has 0 aliphatic heterocycles. The Labute approximate surface area is 91.1 Å². The minimum absolute atomic E-state index is 0.468. The van der Waals surface area contributed by atoms with Gasteiger partial charge in [0, 0.05) is 11.8 Å². The van der Waals surface area contributed by atoms with Gasteiger partial charge in [0.05, 0.1) is 0 Å². The first-order chi connectivity index (χ1) is 6.77. The molecule has 1 atom stereocenters. The van der Waals surface area contributed by atoms with Gasteiger partial charge in [-0.25, -0.2) is 0 Å². The van der Waals surface area contributed by atoms with Crippen LogP contribution >= 0.6 is 11.8 Å². The van der Waals surface area contributed by atoms with E-state index < -0.39 is 0 Å². The Hall–Kier alpha value is -0.470. The largest absolute Gasteiger partial charge is 0.329 e. The molecule has 0 aromatic heterocycles. The van der Waals surface area contributed by atoms with Gasteiger partial charge in [-0.1, -0.05) is 36.8 Å². The second-order valence-electron chi connectivity index (χ2n) is 3.51. The van der Waals surface area contributed by atoms with Crippen molar-refractivity contribution < 1.29 is 0 Å². The summed E-state index contributed by atoms with van der Waals surface area (Å²) in [5, 5.41) is 0.468. The zero-order valence-corrected chi connectivity index (χ0v) is 9.81. The van der Waals surface area contributed by atoms with Crippen molar-refractivity contribution in [3.8, 4) is 0 Å². The van der Waals surface area contributed by atoms with Crippen molar-refractivity contribution in [1.29, 1.82) is 0 Å². The van der Waals surface area contributed by atoms with Gasteiger partial charge >= 0.3 is 0 Å². The summed E-state index contributed by atoms with van der Waals surface area (Å²) in [5.74, 6) is 1.19. The molecule has 1 rings (SSSR count). The molecule has 0 bridgehead atoms. The minimum atomic E-state index is 0.468. The highest BCUT2D eigenvalue weighted by Crippen LogP contribution is 2.28. The first-order valence-electron chi connectivity index (χ1n) is 5.16. The fraction of sp³-hybridized carbons (Fsp3) is 0.500. The number of aryl methyl sites for hydroxylation is 1. The normalized spacial score (nSPS) is 12.8. The quantitative estimate of drug-likeness (QED) is 0.806. The van der Waals surface area contributed by atoms with Crippen molar-refractivity contribution in [2.24, 2.45) is 5.73 Å². The van der Waals surface area contributed by atoms with Crippen molar-refractivity contribution >= 4 is 11.8 Å². The maximum Gasteiger partial charge on any atom is 0.0419 e. The molecule has 0 amide bonds. The lowest BCUT2D eigenvalue weighted by atomic mass is 10.1. The average Bonchev–Trinajstić information content (AvgIpc) is 2.21. The molecule has 2 heteroatoms.